The van der Waals surface area contributed by atoms with Gasteiger partial charge in [-0.1, -0.05) is 0 Å². The topological polar surface area (TPSA) is 75.3 Å². The van der Waals surface area contributed by atoms with Crippen LogP contribution in [0.4, 0.5) is 11.8 Å². The molecule has 1 aliphatic heterocycles. The van der Waals surface area contributed by atoms with Gasteiger partial charge in [-0.25, -0.2) is 4.98 Å². The Labute approximate surface area is 82.6 Å². The van der Waals surface area contributed by atoms with E-state index in [0.29, 0.717) is 17.7 Å². The van der Waals surface area contributed by atoms with E-state index in [1.165, 1.54) is 0 Å². The molecule has 0 saturated carbocycles. The van der Waals surface area contributed by atoms with Crippen molar-refractivity contribution >= 4 is 11.8 Å². The standard InChI is InChI=1S/C9H14N4O/c10-8-1-3-11-9(12-8)13-4-2-7(5-13)6-14/h1,3,7,14H,2,4-6H2,(H2,10,11,12). The molecule has 76 valence electrons. The SMILES string of the molecule is Nc1ccnc(N2CCC(CO)C2)n1. The molecule has 0 radical (unpaired) electrons. The molecule has 1 atom stereocenters. The first-order valence-corrected chi connectivity index (χ1v) is 4.74. The number of aliphatic hydroxyl groups is 1. The smallest absolute Gasteiger partial charge is 0.227 e. The molecule has 2 heterocycles. The van der Waals surface area contributed by atoms with E-state index >= 15 is 0 Å². The lowest BCUT2D eigenvalue weighted by atomic mass is 10.1. The quantitative estimate of drug-likeness (QED) is 0.686. The van der Waals surface area contributed by atoms with Crippen LogP contribution in [0, 0.1) is 5.92 Å². The Morgan fingerprint density at radius 2 is 2.50 bits per heavy atom. The molecule has 1 unspecified atom stereocenters. The number of rotatable bonds is 2. The summed E-state index contributed by atoms with van der Waals surface area (Å²) in [7, 11) is 0. The average Bonchev–Trinajstić information content (AvgIpc) is 2.66. The second kappa shape index (κ2) is 3.79. The zero-order valence-corrected chi connectivity index (χ0v) is 7.93. The zero-order chi connectivity index (χ0) is 9.97. The maximum Gasteiger partial charge on any atom is 0.227 e. The molecule has 1 aliphatic rings. The summed E-state index contributed by atoms with van der Waals surface area (Å²) >= 11 is 0. The summed E-state index contributed by atoms with van der Waals surface area (Å²) in [6.45, 7) is 1.95. The molecule has 0 aromatic carbocycles. The van der Waals surface area contributed by atoms with E-state index in [9.17, 15) is 0 Å². The van der Waals surface area contributed by atoms with E-state index in [-0.39, 0.29) is 6.61 Å². The summed E-state index contributed by atoms with van der Waals surface area (Å²) in [4.78, 5) is 10.3. The largest absolute Gasteiger partial charge is 0.396 e. The van der Waals surface area contributed by atoms with Crippen molar-refractivity contribution in [2.45, 2.75) is 6.42 Å². The Morgan fingerprint density at radius 1 is 1.64 bits per heavy atom. The number of aromatic nitrogens is 2. The normalized spacial score (nSPS) is 21.5. The molecular formula is C9H14N4O. The molecular weight excluding hydrogens is 180 g/mol. The van der Waals surface area contributed by atoms with E-state index < -0.39 is 0 Å². The third kappa shape index (κ3) is 1.77. The fourth-order valence-electron chi connectivity index (χ4n) is 1.68. The van der Waals surface area contributed by atoms with E-state index in [1.54, 1.807) is 12.3 Å². The molecule has 1 aromatic rings. The lowest BCUT2D eigenvalue weighted by Gasteiger charge is -2.15. The molecule has 3 N–H and O–H groups in total. The van der Waals surface area contributed by atoms with Crippen LogP contribution in [-0.4, -0.2) is 34.8 Å². The minimum atomic E-state index is 0.235. The zero-order valence-electron chi connectivity index (χ0n) is 7.93. The summed E-state index contributed by atoms with van der Waals surface area (Å²) < 4.78 is 0. The lowest BCUT2D eigenvalue weighted by molar-refractivity contribution is 0.238. The second-order valence-electron chi connectivity index (χ2n) is 3.56. The Hall–Kier alpha value is -1.36. The van der Waals surface area contributed by atoms with Crippen molar-refractivity contribution in [1.82, 2.24) is 9.97 Å². The molecule has 2 rings (SSSR count). The second-order valence-corrected chi connectivity index (χ2v) is 3.56. The third-order valence-corrected chi connectivity index (χ3v) is 2.49. The summed E-state index contributed by atoms with van der Waals surface area (Å²) in [6, 6.07) is 1.67. The van der Waals surface area contributed by atoms with Gasteiger partial charge in [0.25, 0.3) is 0 Å². The molecule has 0 bridgehead atoms. The van der Waals surface area contributed by atoms with Gasteiger partial charge in [0.2, 0.25) is 5.95 Å². The van der Waals surface area contributed by atoms with E-state index in [0.717, 1.165) is 19.5 Å². The number of nitrogens with zero attached hydrogens (tertiary/aromatic N) is 3. The fourth-order valence-corrected chi connectivity index (χ4v) is 1.68. The summed E-state index contributed by atoms with van der Waals surface area (Å²) in [5.41, 5.74) is 5.57. The van der Waals surface area contributed by atoms with Crippen molar-refractivity contribution in [3.63, 3.8) is 0 Å². The highest BCUT2D eigenvalue weighted by molar-refractivity contribution is 5.38. The Balaban J connectivity index is 2.09. The lowest BCUT2D eigenvalue weighted by Crippen LogP contribution is -2.23. The summed E-state index contributed by atoms with van der Waals surface area (Å²) in [6.07, 6.45) is 2.65. The van der Waals surface area contributed by atoms with E-state index in [2.05, 4.69) is 14.9 Å². The van der Waals surface area contributed by atoms with Gasteiger partial charge in [0.05, 0.1) is 0 Å². The van der Waals surface area contributed by atoms with Gasteiger partial charge in [-0.3, -0.25) is 0 Å². The Kier molecular flexibility index (Phi) is 2.49. The van der Waals surface area contributed by atoms with Crippen molar-refractivity contribution in [2.75, 3.05) is 30.3 Å². The summed E-state index contributed by atoms with van der Waals surface area (Å²) in [5, 5.41) is 8.99. The van der Waals surface area contributed by atoms with Gasteiger partial charge in [-0.15, -0.1) is 0 Å². The summed E-state index contributed by atoms with van der Waals surface area (Å²) in [5.74, 6) is 1.50. The molecule has 5 heteroatoms. The van der Waals surface area contributed by atoms with Gasteiger partial charge in [-0.05, 0) is 12.5 Å². The molecule has 1 aromatic heterocycles. The predicted octanol–water partition coefficient (Wildman–Crippen LogP) is -0.123. The van der Waals surface area contributed by atoms with Crippen LogP contribution in [0.15, 0.2) is 12.3 Å². The van der Waals surface area contributed by atoms with E-state index in [4.69, 9.17) is 10.8 Å². The minimum Gasteiger partial charge on any atom is -0.396 e. The minimum absolute atomic E-state index is 0.235. The molecule has 1 saturated heterocycles. The maximum absolute atomic E-state index is 8.99. The first-order chi connectivity index (χ1) is 6.79. The van der Waals surface area contributed by atoms with Crippen LogP contribution in [0.1, 0.15) is 6.42 Å². The maximum atomic E-state index is 8.99. The van der Waals surface area contributed by atoms with Crippen LogP contribution in [0.2, 0.25) is 0 Å². The van der Waals surface area contributed by atoms with Crippen LogP contribution in [0.25, 0.3) is 0 Å². The van der Waals surface area contributed by atoms with Crippen LogP contribution in [0.3, 0.4) is 0 Å². The van der Waals surface area contributed by atoms with Gasteiger partial charge >= 0.3 is 0 Å². The molecule has 0 amide bonds. The van der Waals surface area contributed by atoms with Crippen molar-refractivity contribution in [3.05, 3.63) is 12.3 Å². The van der Waals surface area contributed by atoms with Crippen molar-refractivity contribution in [3.8, 4) is 0 Å². The van der Waals surface area contributed by atoms with Crippen LogP contribution in [0.5, 0.6) is 0 Å². The average molecular weight is 194 g/mol. The Morgan fingerprint density at radius 3 is 3.14 bits per heavy atom. The molecule has 0 spiro atoms. The van der Waals surface area contributed by atoms with Crippen molar-refractivity contribution in [2.24, 2.45) is 5.92 Å². The first kappa shape index (κ1) is 9.21. The number of nitrogen functional groups attached to an aromatic ring is 1. The van der Waals surface area contributed by atoms with Gasteiger partial charge in [0.15, 0.2) is 0 Å². The highest BCUT2D eigenvalue weighted by atomic mass is 16.3. The van der Waals surface area contributed by atoms with Crippen molar-refractivity contribution < 1.29 is 5.11 Å². The van der Waals surface area contributed by atoms with Crippen LogP contribution >= 0.6 is 0 Å². The highest BCUT2D eigenvalue weighted by Crippen LogP contribution is 2.20. The number of hydrogen-bond acceptors (Lipinski definition) is 5. The number of hydrogen-bond donors (Lipinski definition) is 2. The van der Waals surface area contributed by atoms with Gasteiger partial charge in [-0.2, -0.15) is 4.98 Å². The first-order valence-electron chi connectivity index (χ1n) is 4.74. The predicted molar refractivity (Wildman–Crippen MR) is 53.9 cm³/mol. The van der Waals surface area contributed by atoms with Gasteiger partial charge < -0.3 is 15.7 Å². The van der Waals surface area contributed by atoms with Crippen LogP contribution in [-0.2, 0) is 0 Å². The number of nitrogens with two attached hydrogens (primary N) is 1. The van der Waals surface area contributed by atoms with Crippen molar-refractivity contribution in [1.29, 1.82) is 0 Å². The molecule has 14 heavy (non-hydrogen) atoms. The van der Waals surface area contributed by atoms with Gasteiger partial charge in [0, 0.05) is 31.8 Å². The number of anilines is 2. The highest BCUT2D eigenvalue weighted by Gasteiger charge is 2.23. The third-order valence-electron chi connectivity index (χ3n) is 2.49. The Bertz CT molecular complexity index is 317. The fraction of sp³-hybridized carbons (Fsp3) is 0.556. The van der Waals surface area contributed by atoms with Gasteiger partial charge in [0.1, 0.15) is 5.82 Å². The molecule has 5 nitrogen and oxygen atoms in total. The van der Waals surface area contributed by atoms with E-state index in [1.807, 2.05) is 0 Å². The molecule has 0 aliphatic carbocycles. The molecule has 1 fully saturated rings. The number of aliphatic hydroxyl groups excluding tert-OH is 1. The monoisotopic (exact) mass is 194 g/mol. The van der Waals surface area contributed by atoms with Crippen LogP contribution < -0.4 is 10.6 Å².